The Hall–Kier alpha value is -0.620. The Bertz CT molecular complexity index is 448. The van der Waals surface area contributed by atoms with Gasteiger partial charge in [0, 0.05) is 6.54 Å². The summed E-state index contributed by atoms with van der Waals surface area (Å²) in [7, 11) is -3.31. The molecular formula is C13H23NO4S. The first kappa shape index (κ1) is 14.8. The number of nitrogens with zero attached hydrogens (tertiary/aromatic N) is 1. The first-order valence-electron chi connectivity index (χ1n) is 6.91. The molecule has 5 nitrogen and oxygen atoms in total. The van der Waals surface area contributed by atoms with Crippen LogP contribution < -0.4 is 0 Å². The Labute approximate surface area is 115 Å². The molecule has 1 heterocycles. The van der Waals surface area contributed by atoms with Crippen molar-refractivity contribution in [2.45, 2.75) is 58.1 Å². The number of carbonyl (C=O) groups is 1. The van der Waals surface area contributed by atoms with Gasteiger partial charge in [-0.25, -0.2) is 8.42 Å². The Morgan fingerprint density at radius 1 is 1.26 bits per heavy atom. The quantitative estimate of drug-likeness (QED) is 0.736. The van der Waals surface area contributed by atoms with Crippen LogP contribution in [-0.4, -0.2) is 42.6 Å². The van der Waals surface area contributed by atoms with Crippen molar-refractivity contribution in [3.8, 4) is 0 Å². The zero-order chi connectivity index (χ0) is 14.3. The fourth-order valence-corrected chi connectivity index (χ4v) is 4.46. The van der Waals surface area contributed by atoms with Gasteiger partial charge < -0.3 is 4.74 Å². The lowest BCUT2D eigenvalue weighted by Crippen LogP contribution is -2.44. The maximum atomic E-state index is 12.3. The normalized spacial score (nSPS) is 25.5. The second-order valence-corrected chi connectivity index (χ2v) is 8.49. The van der Waals surface area contributed by atoms with Crippen LogP contribution in [0.15, 0.2) is 0 Å². The van der Waals surface area contributed by atoms with Crippen LogP contribution in [0.5, 0.6) is 0 Å². The average molecular weight is 289 g/mol. The summed E-state index contributed by atoms with van der Waals surface area (Å²) >= 11 is 0. The lowest BCUT2D eigenvalue weighted by atomic mass is 10.2. The maximum Gasteiger partial charge on any atom is 0.324 e. The molecule has 1 saturated carbocycles. The van der Waals surface area contributed by atoms with E-state index in [0.29, 0.717) is 18.9 Å². The van der Waals surface area contributed by atoms with Crippen molar-refractivity contribution in [3.05, 3.63) is 0 Å². The largest absolute Gasteiger partial charge is 0.459 e. The molecule has 0 N–H and O–H groups in total. The van der Waals surface area contributed by atoms with E-state index < -0.39 is 27.6 Å². The summed E-state index contributed by atoms with van der Waals surface area (Å²) < 4.78 is 31.2. The Morgan fingerprint density at radius 2 is 1.89 bits per heavy atom. The topological polar surface area (TPSA) is 63.7 Å². The van der Waals surface area contributed by atoms with E-state index >= 15 is 0 Å². The first-order chi connectivity index (χ1) is 8.69. The number of rotatable bonds is 4. The first-order valence-corrected chi connectivity index (χ1v) is 8.52. The fourth-order valence-electron chi connectivity index (χ4n) is 2.36. The molecule has 19 heavy (non-hydrogen) atoms. The molecule has 110 valence electrons. The Morgan fingerprint density at radius 3 is 2.42 bits per heavy atom. The number of ether oxygens (including phenoxy) is 1. The summed E-state index contributed by atoms with van der Waals surface area (Å²) in [5, 5.41) is 0. The summed E-state index contributed by atoms with van der Waals surface area (Å²) in [4.78, 5) is 12.1. The number of sulfonamides is 1. The minimum absolute atomic E-state index is 0.187. The van der Waals surface area contributed by atoms with Crippen LogP contribution in [0.2, 0.25) is 0 Å². The van der Waals surface area contributed by atoms with Crippen molar-refractivity contribution in [1.29, 1.82) is 0 Å². The lowest BCUT2D eigenvalue weighted by molar-refractivity contribution is -0.158. The van der Waals surface area contributed by atoms with Crippen molar-refractivity contribution >= 4 is 16.0 Å². The van der Waals surface area contributed by atoms with Crippen molar-refractivity contribution in [2.24, 2.45) is 5.92 Å². The Kier molecular flexibility index (Phi) is 3.93. The molecule has 6 heteroatoms. The van der Waals surface area contributed by atoms with Crippen LogP contribution in [0.1, 0.15) is 46.5 Å². The second-order valence-electron chi connectivity index (χ2n) is 6.52. The molecule has 1 aliphatic heterocycles. The van der Waals surface area contributed by atoms with Crippen LogP contribution in [0, 0.1) is 5.92 Å². The highest BCUT2D eigenvalue weighted by Crippen LogP contribution is 2.33. The molecule has 1 saturated heterocycles. The molecule has 0 amide bonds. The molecule has 0 bridgehead atoms. The summed E-state index contributed by atoms with van der Waals surface area (Å²) in [5.41, 5.74) is -0.578. The van der Waals surface area contributed by atoms with Crippen LogP contribution in [0.4, 0.5) is 0 Å². The van der Waals surface area contributed by atoms with Gasteiger partial charge in [0.2, 0.25) is 10.0 Å². The maximum absolute atomic E-state index is 12.3. The predicted molar refractivity (Wildman–Crippen MR) is 72.1 cm³/mol. The molecule has 0 spiro atoms. The van der Waals surface area contributed by atoms with E-state index in [9.17, 15) is 13.2 Å². The summed E-state index contributed by atoms with van der Waals surface area (Å²) in [5.74, 6) is 0.0704. The van der Waals surface area contributed by atoms with Crippen LogP contribution in [-0.2, 0) is 19.6 Å². The third-order valence-electron chi connectivity index (χ3n) is 3.38. The van der Waals surface area contributed by atoms with Gasteiger partial charge in [-0.1, -0.05) is 0 Å². The van der Waals surface area contributed by atoms with Gasteiger partial charge in [0.1, 0.15) is 11.6 Å². The third kappa shape index (κ3) is 3.92. The molecule has 0 aromatic rings. The van der Waals surface area contributed by atoms with E-state index in [0.717, 1.165) is 19.3 Å². The number of hydrogen-bond donors (Lipinski definition) is 0. The van der Waals surface area contributed by atoms with Crippen molar-refractivity contribution in [2.75, 3.05) is 12.3 Å². The molecule has 0 radical (unpaired) electrons. The smallest absolute Gasteiger partial charge is 0.324 e. The van der Waals surface area contributed by atoms with Gasteiger partial charge in [0.05, 0.1) is 5.75 Å². The van der Waals surface area contributed by atoms with Gasteiger partial charge >= 0.3 is 5.97 Å². The van der Waals surface area contributed by atoms with Gasteiger partial charge in [0.15, 0.2) is 0 Å². The zero-order valence-corrected chi connectivity index (χ0v) is 12.7. The summed E-state index contributed by atoms with van der Waals surface area (Å²) in [6, 6.07) is -0.622. The molecule has 0 aromatic carbocycles. The monoisotopic (exact) mass is 289 g/mol. The lowest BCUT2D eigenvalue weighted by Gasteiger charge is -2.27. The van der Waals surface area contributed by atoms with Gasteiger partial charge in [-0.05, 0) is 52.4 Å². The van der Waals surface area contributed by atoms with E-state index in [1.54, 1.807) is 20.8 Å². The van der Waals surface area contributed by atoms with E-state index in [4.69, 9.17) is 4.74 Å². The zero-order valence-electron chi connectivity index (χ0n) is 11.9. The number of hydrogen-bond acceptors (Lipinski definition) is 4. The predicted octanol–water partition coefficient (Wildman–Crippen LogP) is 1.53. The van der Waals surface area contributed by atoms with E-state index in [2.05, 4.69) is 0 Å². The van der Waals surface area contributed by atoms with E-state index in [1.165, 1.54) is 4.31 Å². The molecule has 2 rings (SSSR count). The number of carbonyl (C=O) groups excluding carboxylic acids is 1. The highest BCUT2D eigenvalue weighted by Gasteiger charge is 2.42. The molecule has 2 fully saturated rings. The molecule has 0 aromatic heterocycles. The van der Waals surface area contributed by atoms with E-state index in [1.807, 2.05) is 0 Å². The highest BCUT2D eigenvalue weighted by atomic mass is 32.2. The molecule has 0 unspecified atom stereocenters. The van der Waals surface area contributed by atoms with Crippen LogP contribution in [0.3, 0.4) is 0 Å². The molecule has 1 aliphatic carbocycles. The SMILES string of the molecule is CC(C)(C)OC(=O)[C@H]1CCCN1S(=O)(=O)CC1CC1. The van der Waals surface area contributed by atoms with Crippen molar-refractivity contribution in [3.63, 3.8) is 0 Å². The van der Waals surface area contributed by atoms with Gasteiger partial charge in [-0.2, -0.15) is 4.31 Å². The second kappa shape index (κ2) is 5.05. The standard InChI is InChI=1S/C13H23NO4S/c1-13(2,3)18-12(15)11-5-4-8-14(11)19(16,17)9-10-6-7-10/h10-11H,4-9H2,1-3H3/t11-/m1/s1. The van der Waals surface area contributed by atoms with Gasteiger partial charge in [0.25, 0.3) is 0 Å². The third-order valence-corrected chi connectivity index (χ3v) is 5.43. The average Bonchev–Trinajstić information content (AvgIpc) is 2.89. The van der Waals surface area contributed by atoms with Gasteiger partial charge in [-0.3, -0.25) is 4.79 Å². The number of esters is 1. The van der Waals surface area contributed by atoms with Gasteiger partial charge in [-0.15, -0.1) is 0 Å². The minimum atomic E-state index is -3.31. The van der Waals surface area contributed by atoms with Crippen molar-refractivity contribution < 1.29 is 17.9 Å². The van der Waals surface area contributed by atoms with E-state index in [-0.39, 0.29) is 5.75 Å². The highest BCUT2D eigenvalue weighted by molar-refractivity contribution is 7.89. The minimum Gasteiger partial charge on any atom is -0.459 e. The summed E-state index contributed by atoms with van der Waals surface area (Å²) in [6.07, 6.45) is 3.28. The molecule has 2 aliphatic rings. The summed E-state index contributed by atoms with van der Waals surface area (Å²) in [6.45, 7) is 5.83. The van der Waals surface area contributed by atoms with Crippen molar-refractivity contribution in [1.82, 2.24) is 4.31 Å². The Balaban J connectivity index is 2.05. The van der Waals surface area contributed by atoms with Crippen LogP contribution >= 0.6 is 0 Å². The molecular weight excluding hydrogens is 266 g/mol. The fraction of sp³-hybridized carbons (Fsp3) is 0.923. The van der Waals surface area contributed by atoms with Crippen LogP contribution in [0.25, 0.3) is 0 Å². The molecule has 1 atom stereocenters.